The van der Waals surface area contributed by atoms with Gasteiger partial charge in [-0.1, -0.05) is 22.0 Å². The van der Waals surface area contributed by atoms with Crippen molar-refractivity contribution in [2.45, 2.75) is 6.92 Å². The summed E-state index contributed by atoms with van der Waals surface area (Å²) in [5, 5.41) is 0. The Labute approximate surface area is 117 Å². The zero-order chi connectivity index (χ0) is 14.0. The Morgan fingerprint density at radius 1 is 1.00 bits per heavy atom. The molecule has 5 heteroatoms. The smallest absolute Gasteiger partial charge is 0.201 e. The first-order valence-electron chi connectivity index (χ1n) is 5.60. The second-order valence-corrected chi connectivity index (χ2v) is 4.71. The first-order chi connectivity index (χ1) is 9.04. The molecule has 2 rings (SSSR count). The molecule has 0 saturated heterocycles. The van der Waals surface area contributed by atoms with Gasteiger partial charge < -0.3 is 4.74 Å². The Bertz CT molecular complexity index is 614. The molecule has 0 amide bonds. The third kappa shape index (κ3) is 2.76. The van der Waals surface area contributed by atoms with Crippen LogP contribution in [0.1, 0.15) is 6.92 Å². The molecule has 0 heterocycles. The van der Waals surface area contributed by atoms with Crippen LogP contribution in [0.3, 0.4) is 0 Å². The van der Waals surface area contributed by atoms with E-state index in [1.165, 1.54) is 24.3 Å². The predicted molar refractivity (Wildman–Crippen MR) is 70.6 cm³/mol. The fourth-order valence-corrected chi connectivity index (χ4v) is 2.05. The molecule has 0 fully saturated rings. The van der Waals surface area contributed by atoms with Gasteiger partial charge in [-0.3, -0.25) is 0 Å². The first kappa shape index (κ1) is 13.9. The van der Waals surface area contributed by atoms with Crippen molar-refractivity contribution in [3.8, 4) is 16.9 Å². The van der Waals surface area contributed by atoms with Crippen molar-refractivity contribution in [1.82, 2.24) is 0 Å². The first-order valence-corrected chi connectivity index (χ1v) is 6.40. The quantitative estimate of drug-likeness (QED) is 0.775. The second kappa shape index (κ2) is 5.65. The lowest BCUT2D eigenvalue weighted by molar-refractivity contribution is 0.314. The van der Waals surface area contributed by atoms with Gasteiger partial charge in [0.05, 0.1) is 6.61 Å². The number of ether oxygens (including phenoxy) is 1. The summed E-state index contributed by atoms with van der Waals surface area (Å²) in [4.78, 5) is 0. The Kier molecular flexibility index (Phi) is 4.14. The van der Waals surface area contributed by atoms with E-state index in [1.807, 2.05) is 0 Å². The molecule has 0 radical (unpaired) electrons. The molecular formula is C14H10BrF3O. The second-order valence-electron chi connectivity index (χ2n) is 3.80. The topological polar surface area (TPSA) is 9.23 Å². The molecule has 0 saturated carbocycles. The zero-order valence-corrected chi connectivity index (χ0v) is 11.6. The summed E-state index contributed by atoms with van der Waals surface area (Å²) in [6.07, 6.45) is 0. The molecule has 0 atom stereocenters. The highest BCUT2D eigenvalue weighted by Gasteiger charge is 2.17. The third-order valence-electron chi connectivity index (χ3n) is 2.57. The van der Waals surface area contributed by atoms with Crippen molar-refractivity contribution in [3.63, 3.8) is 0 Å². The molecule has 19 heavy (non-hydrogen) atoms. The number of halogens is 4. The van der Waals surface area contributed by atoms with Crippen LogP contribution in [0, 0.1) is 17.5 Å². The van der Waals surface area contributed by atoms with Crippen LogP contribution >= 0.6 is 15.9 Å². The van der Waals surface area contributed by atoms with E-state index in [-0.39, 0.29) is 23.5 Å². The molecule has 0 aromatic heterocycles. The third-order valence-corrected chi connectivity index (χ3v) is 3.06. The molecule has 0 aliphatic heterocycles. The van der Waals surface area contributed by atoms with E-state index in [1.54, 1.807) is 13.0 Å². The molecule has 0 aliphatic carbocycles. The van der Waals surface area contributed by atoms with Crippen molar-refractivity contribution in [3.05, 3.63) is 52.3 Å². The van der Waals surface area contributed by atoms with Crippen molar-refractivity contribution in [2.24, 2.45) is 0 Å². The summed E-state index contributed by atoms with van der Waals surface area (Å²) in [7, 11) is 0. The molecular weight excluding hydrogens is 321 g/mol. The van der Waals surface area contributed by atoms with Gasteiger partial charge in [0.2, 0.25) is 5.82 Å². The summed E-state index contributed by atoms with van der Waals surface area (Å²) in [5.41, 5.74) is -0.131. The lowest BCUT2D eigenvalue weighted by Gasteiger charge is -2.10. The van der Waals surface area contributed by atoms with Gasteiger partial charge in [0.1, 0.15) is 5.82 Å². The predicted octanol–water partition coefficient (Wildman–Crippen LogP) is 4.93. The highest BCUT2D eigenvalue weighted by Crippen LogP contribution is 2.32. The van der Waals surface area contributed by atoms with E-state index in [4.69, 9.17) is 4.74 Å². The molecule has 0 bridgehead atoms. The SMILES string of the molecule is CCOc1ccc(-c2ccc(Br)cc2F)c(F)c1F. The molecule has 0 N–H and O–H groups in total. The Balaban J connectivity index is 2.54. The molecule has 0 spiro atoms. The van der Waals surface area contributed by atoms with E-state index in [0.29, 0.717) is 4.47 Å². The van der Waals surface area contributed by atoms with Crippen LogP contribution < -0.4 is 4.74 Å². The maximum atomic E-state index is 13.9. The van der Waals surface area contributed by atoms with E-state index < -0.39 is 17.5 Å². The van der Waals surface area contributed by atoms with Crippen molar-refractivity contribution >= 4 is 15.9 Å². The molecule has 2 aromatic carbocycles. The lowest BCUT2D eigenvalue weighted by Crippen LogP contribution is -1.99. The minimum absolute atomic E-state index is 0.00245. The van der Waals surface area contributed by atoms with Crippen LogP contribution in [-0.4, -0.2) is 6.61 Å². The Morgan fingerprint density at radius 3 is 2.32 bits per heavy atom. The molecule has 100 valence electrons. The monoisotopic (exact) mass is 330 g/mol. The van der Waals surface area contributed by atoms with Crippen molar-refractivity contribution in [1.29, 1.82) is 0 Å². The highest BCUT2D eigenvalue weighted by molar-refractivity contribution is 9.10. The maximum Gasteiger partial charge on any atom is 0.201 e. The van der Waals surface area contributed by atoms with Gasteiger partial charge >= 0.3 is 0 Å². The number of rotatable bonds is 3. The Morgan fingerprint density at radius 2 is 1.68 bits per heavy atom. The van der Waals surface area contributed by atoms with Gasteiger partial charge in [-0.25, -0.2) is 8.78 Å². The molecule has 2 aromatic rings. The van der Waals surface area contributed by atoms with Crippen LogP contribution in [-0.2, 0) is 0 Å². The van der Waals surface area contributed by atoms with Gasteiger partial charge in [0, 0.05) is 15.6 Å². The highest BCUT2D eigenvalue weighted by atomic mass is 79.9. The fraction of sp³-hybridized carbons (Fsp3) is 0.143. The van der Waals surface area contributed by atoms with E-state index in [9.17, 15) is 13.2 Å². The summed E-state index contributed by atoms with van der Waals surface area (Å²) in [6, 6.07) is 6.74. The summed E-state index contributed by atoms with van der Waals surface area (Å²) < 4.78 is 46.8. The standard InChI is InChI=1S/C14H10BrF3O/c1-2-19-12-6-5-10(13(17)14(12)18)9-4-3-8(15)7-11(9)16/h3-7H,2H2,1H3. The molecule has 0 unspecified atom stereocenters. The van der Waals surface area contributed by atoms with Crippen LogP contribution in [0.2, 0.25) is 0 Å². The fourth-order valence-electron chi connectivity index (χ4n) is 1.71. The van der Waals surface area contributed by atoms with Crippen molar-refractivity contribution in [2.75, 3.05) is 6.61 Å². The normalized spacial score (nSPS) is 10.6. The van der Waals surface area contributed by atoms with Gasteiger partial charge in [-0.2, -0.15) is 4.39 Å². The van der Waals surface area contributed by atoms with Gasteiger partial charge in [-0.05, 0) is 31.2 Å². The Hall–Kier alpha value is -1.49. The average Bonchev–Trinajstić information content (AvgIpc) is 2.37. The number of benzene rings is 2. The summed E-state index contributed by atoms with van der Waals surface area (Å²) in [5.74, 6) is -3.04. The van der Waals surface area contributed by atoms with Crippen LogP contribution in [0.5, 0.6) is 5.75 Å². The zero-order valence-electron chi connectivity index (χ0n) is 10.0. The summed E-state index contributed by atoms with van der Waals surface area (Å²) in [6.45, 7) is 1.89. The van der Waals surface area contributed by atoms with Gasteiger partial charge in [0.25, 0.3) is 0 Å². The van der Waals surface area contributed by atoms with E-state index in [0.717, 1.165) is 0 Å². The number of hydrogen-bond donors (Lipinski definition) is 0. The average molecular weight is 331 g/mol. The minimum Gasteiger partial charge on any atom is -0.491 e. The lowest BCUT2D eigenvalue weighted by atomic mass is 10.0. The largest absolute Gasteiger partial charge is 0.491 e. The van der Waals surface area contributed by atoms with Crippen LogP contribution in [0.4, 0.5) is 13.2 Å². The molecule has 0 aliphatic rings. The van der Waals surface area contributed by atoms with Crippen LogP contribution in [0.25, 0.3) is 11.1 Å². The summed E-state index contributed by atoms with van der Waals surface area (Å²) >= 11 is 3.11. The van der Waals surface area contributed by atoms with E-state index in [2.05, 4.69) is 15.9 Å². The van der Waals surface area contributed by atoms with Gasteiger partial charge in [0.15, 0.2) is 11.6 Å². The van der Waals surface area contributed by atoms with Crippen LogP contribution in [0.15, 0.2) is 34.8 Å². The minimum atomic E-state index is -1.12. The number of hydrogen-bond acceptors (Lipinski definition) is 1. The van der Waals surface area contributed by atoms with Crippen molar-refractivity contribution < 1.29 is 17.9 Å². The molecule has 1 nitrogen and oxygen atoms in total. The maximum absolute atomic E-state index is 13.9. The van der Waals surface area contributed by atoms with Gasteiger partial charge in [-0.15, -0.1) is 0 Å². The van der Waals surface area contributed by atoms with E-state index >= 15 is 0 Å².